The van der Waals surface area contributed by atoms with E-state index in [1.54, 1.807) is 0 Å². The van der Waals surface area contributed by atoms with Gasteiger partial charge in [-0.2, -0.15) is 0 Å². The van der Waals surface area contributed by atoms with Crippen LogP contribution in [0.3, 0.4) is 0 Å². The van der Waals surface area contributed by atoms with Crippen molar-refractivity contribution in [1.82, 2.24) is 4.90 Å². The Hall–Kier alpha value is -1.84. The lowest BCUT2D eigenvalue weighted by atomic mass is 9.92. The minimum atomic E-state index is -0.743. The van der Waals surface area contributed by atoms with Crippen LogP contribution in [-0.2, 0) is 9.59 Å². The molecule has 108 valence electrons. The fourth-order valence-corrected chi connectivity index (χ4v) is 2.81. The highest BCUT2D eigenvalue weighted by molar-refractivity contribution is 5.84. The number of carbonyl (C=O) groups excluding carboxylic acids is 1. The average Bonchev–Trinajstić information content (AvgIpc) is 2.49. The van der Waals surface area contributed by atoms with Gasteiger partial charge in [-0.3, -0.25) is 9.59 Å². The fraction of sp³-hybridized carbons (Fsp3) is 0.500. The van der Waals surface area contributed by atoms with Crippen molar-refractivity contribution >= 4 is 11.9 Å². The Kier molecular flexibility index (Phi) is 4.77. The number of carboxylic acid groups (broad SMARTS) is 1. The third-order valence-corrected chi connectivity index (χ3v) is 4.06. The number of carboxylic acids is 1. The zero-order chi connectivity index (χ0) is 14.5. The summed E-state index contributed by atoms with van der Waals surface area (Å²) in [4.78, 5) is 25.3. The number of carbonyl (C=O) groups is 2. The number of hydrogen-bond donors (Lipinski definition) is 1. The van der Waals surface area contributed by atoms with Crippen LogP contribution in [0, 0.1) is 5.92 Å². The minimum absolute atomic E-state index is 0.113. The summed E-state index contributed by atoms with van der Waals surface area (Å²) < 4.78 is 0. The molecule has 0 aliphatic carbocycles. The molecule has 1 aliphatic heterocycles. The van der Waals surface area contributed by atoms with Gasteiger partial charge in [-0.1, -0.05) is 37.3 Å². The molecule has 0 bridgehead atoms. The molecule has 1 N–H and O–H groups in total. The number of rotatable bonds is 4. The lowest BCUT2D eigenvalue weighted by Crippen LogP contribution is -2.42. The Bertz CT molecular complexity index is 464. The van der Waals surface area contributed by atoms with E-state index in [1.165, 1.54) is 0 Å². The SMILES string of the molecule is CC[C@H](C(=O)N1CCC(C(=O)O)CC1)c1ccccc1. The van der Waals surface area contributed by atoms with E-state index in [2.05, 4.69) is 0 Å². The predicted octanol–water partition coefficient (Wildman–Crippen LogP) is 2.50. The molecule has 1 aromatic carbocycles. The van der Waals surface area contributed by atoms with E-state index in [-0.39, 0.29) is 17.7 Å². The molecule has 0 radical (unpaired) electrons. The lowest BCUT2D eigenvalue weighted by Gasteiger charge is -2.32. The van der Waals surface area contributed by atoms with Gasteiger partial charge in [0.2, 0.25) is 5.91 Å². The van der Waals surface area contributed by atoms with Crippen molar-refractivity contribution in [3.05, 3.63) is 35.9 Å². The Morgan fingerprint density at radius 2 is 1.85 bits per heavy atom. The summed E-state index contributed by atoms with van der Waals surface area (Å²) in [5.74, 6) is -1.02. The van der Waals surface area contributed by atoms with Crippen molar-refractivity contribution in [2.45, 2.75) is 32.1 Å². The minimum Gasteiger partial charge on any atom is -0.481 e. The summed E-state index contributed by atoms with van der Waals surface area (Å²) in [6.07, 6.45) is 1.89. The Morgan fingerprint density at radius 3 is 2.35 bits per heavy atom. The summed E-state index contributed by atoms with van der Waals surface area (Å²) in [6, 6.07) is 9.80. The van der Waals surface area contributed by atoms with Gasteiger partial charge in [0.1, 0.15) is 0 Å². The highest BCUT2D eigenvalue weighted by Crippen LogP contribution is 2.25. The standard InChI is InChI=1S/C16H21NO3/c1-2-14(12-6-4-3-5-7-12)15(18)17-10-8-13(9-11-17)16(19)20/h3-7,13-14H,2,8-11H2,1H3,(H,19,20)/t14-/m0/s1. The summed E-state index contributed by atoms with van der Waals surface area (Å²) >= 11 is 0. The Morgan fingerprint density at radius 1 is 1.25 bits per heavy atom. The van der Waals surface area contributed by atoms with Crippen LogP contribution in [-0.4, -0.2) is 35.0 Å². The Labute approximate surface area is 119 Å². The van der Waals surface area contributed by atoms with Gasteiger partial charge in [-0.15, -0.1) is 0 Å². The average molecular weight is 275 g/mol. The van der Waals surface area contributed by atoms with Crippen LogP contribution in [0.5, 0.6) is 0 Å². The van der Waals surface area contributed by atoms with Gasteiger partial charge in [-0.25, -0.2) is 0 Å². The summed E-state index contributed by atoms with van der Waals surface area (Å²) in [5, 5.41) is 8.99. The number of nitrogens with zero attached hydrogens (tertiary/aromatic N) is 1. The fourth-order valence-electron chi connectivity index (χ4n) is 2.81. The molecule has 1 aliphatic rings. The van der Waals surface area contributed by atoms with Crippen LogP contribution in [0.2, 0.25) is 0 Å². The topological polar surface area (TPSA) is 57.6 Å². The first-order chi connectivity index (χ1) is 9.63. The Balaban J connectivity index is 2.02. The van der Waals surface area contributed by atoms with Gasteiger partial charge in [0, 0.05) is 13.1 Å². The van der Waals surface area contributed by atoms with Crippen molar-refractivity contribution in [3.8, 4) is 0 Å². The smallest absolute Gasteiger partial charge is 0.306 e. The van der Waals surface area contributed by atoms with Crippen molar-refractivity contribution in [3.63, 3.8) is 0 Å². The number of piperidine rings is 1. The van der Waals surface area contributed by atoms with Gasteiger partial charge in [0.05, 0.1) is 11.8 Å². The molecular formula is C16H21NO3. The van der Waals surface area contributed by atoms with Gasteiger partial charge in [0.15, 0.2) is 0 Å². The second kappa shape index (κ2) is 6.55. The van der Waals surface area contributed by atoms with E-state index < -0.39 is 5.97 Å². The molecule has 1 fully saturated rings. The van der Waals surface area contributed by atoms with Crippen LogP contribution < -0.4 is 0 Å². The molecule has 4 nitrogen and oxygen atoms in total. The largest absolute Gasteiger partial charge is 0.481 e. The van der Waals surface area contributed by atoms with Crippen LogP contribution in [0.4, 0.5) is 0 Å². The second-order valence-electron chi connectivity index (χ2n) is 5.31. The van der Waals surface area contributed by atoms with E-state index in [1.807, 2.05) is 42.2 Å². The number of likely N-dealkylation sites (tertiary alicyclic amines) is 1. The van der Waals surface area contributed by atoms with Crippen LogP contribution in [0.25, 0.3) is 0 Å². The highest BCUT2D eigenvalue weighted by Gasteiger charge is 2.30. The molecule has 1 aromatic rings. The molecule has 1 saturated heterocycles. The molecule has 20 heavy (non-hydrogen) atoms. The van der Waals surface area contributed by atoms with E-state index in [0.717, 1.165) is 12.0 Å². The van der Waals surface area contributed by atoms with Crippen molar-refractivity contribution in [2.24, 2.45) is 5.92 Å². The number of aliphatic carboxylic acids is 1. The molecule has 0 spiro atoms. The molecule has 4 heteroatoms. The molecule has 2 rings (SSSR count). The van der Waals surface area contributed by atoms with E-state index >= 15 is 0 Å². The molecule has 1 amide bonds. The first-order valence-corrected chi connectivity index (χ1v) is 7.20. The molecule has 0 saturated carbocycles. The van der Waals surface area contributed by atoms with Gasteiger partial charge in [0.25, 0.3) is 0 Å². The monoisotopic (exact) mass is 275 g/mol. The van der Waals surface area contributed by atoms with Gasteiger partial charge >= 0.3 is 5.97 Å². The van der Waals surface area contributed by atoms with E-state index in [9.17, 15) is 9.59 Å². The maximum absolute atomic E-state index is 12.6. The number of hydrogen-bond acceptors (Lipinski definition) is 2. The predicted molar refractivity (Wildman–Crippen MR) is 76.4 cm³/mol. The van der Waals surface area contributed by atoms with E-state index in [4.69, 9.17) is 5.11 Å². The van der Waals surface area contributed by atoms with Crippen molar-refractivity contribution in [1.29, 1.82) is 0 Å². The summed E-state index contributed by atoms with van der Waals surface area (Å²) in [6.45, 7) is 3.12. The third kappa shape index (κ3) is 3.18. The van der Waals surface area contributed by atoms with Crippen molar-refractivity contribution in [2.75, 3.05) is 13.1 Å². The first-order valence-electron chi connectivity index (χ1n) is 7.20. The van der Waals surface area contributed by atoms with Crippen LogP contribution >= 0.6 is 0 Å². The second-order valence-corrected chi connectivity index (χ2v) is 5.31. The lowest BCUT2D eigenvalue weighted by molar-refractivity contribution is -0.146. The van der Waals surface area contributed by atoms with E-state index in [0.29, 0.717) is 25.9 Å². The highest BCUT2D eigenvalue weighted by atomic mass is 16.4. The summed E-state index contributed by atoms with van der Waals surface area (Å²) in [7, 11) is 0. The quantitative estimate of drug-likeness (QED) is 0.918. The molecule has 1 heterocycles. The third-order valence-electron chi connectivity index (χ3n) is 4.06. The van der Waals surface area contributed by atoms with Crippen LogP contribution in [0.1, 0.15) is 37.7 Å². The molecule has 0 unspecified atom stereocenters. The molecular weight excluding hydrogens is 254 g/mol. The maximum Gasteiger partial charge on any atom is 0.306 e. The zero-order valence-electron chi connectivity index (χ0n) is 11.8. The van der Waals surface area contributed by atoms with Crippen molar-refractivity contribution < 1.29 is 14.7 Å². The number of amides is 1. The first kappa shape index (κ1) is 14.6. The summed E-state index contributed by atoms with van der Waals surface area (Å²) in [5.41, 5.74) is 1.04. The zero-order valence-corrected chi connectivity index (χ0v) is 11.8. The normalized spacial score (nSPS) is 17.8. The number of benzene rings is 1. The van der Waals surface area contributed by atoms with Gasteiger partial charge < -0.3 is 10.0 Å². The van der Waals surface area contributed by atoms with Crippen LogP contribution in [0.15, 0.2) is 30.3 Å². The van der Waals surface area contributed by atoms with Gasteiger partial charge in [-0.05, 0) is 24.8 Å². The molecule has 0 aromatic heterocycles. The maximum atomic E-state index is 12.6. The molecule has 1 atom stereocenters.